The maximum absolute atomic E-state index is 13.5. The summed E-state index contributed by atoms with van der Waals surface area (Å²) in [4.78, 5) is 14.9. The smallest absolute Gasteiger partial charge is 0.416 e. The van der Waals surface area contributed by atoms with Crippen molar-refractivity contribution >= 4 is 15.9 Å². The number of alkyl halides is 4. The number of piperidine rings is 1. The van der Waals surface area contributed by atoms with E-state index in [0.29, 0.717) is 62.9 Å². The maximum atomic E-state index is 13.5. The van der Waals surface area contributed by atoms with E-state index in [0.717, 1.165) is 29.3 Å². The van der Waals surface area contributed by atoms with Gasteiger partial charge >= 0.3 is 6.18 Å². The second-order valence-electron chi connectivity index (χ2n) is 10.9. The first kappa shape index (κ1) is 31.0. The summed E-state index contributed by atoms with van der Waals surface area (Å²) in [5.41, 5.74) is 1.22. The summed E-state index contributed by atoms with van der Waals surface area (Å²) in [6.45, 7) is 2.43. The zero-order chi connectivity index (χ0) is 30.6. The number of halogens is 4. The zero-order valence-electron chi connectivity index (χ0n) is 23.3. The molecule has 1 saturated heterocycles. The van der Waals surface area contributed by atoms with Gasteiger partial charge in [-0.05, 0) is 48.2 Å². The van der Waals surface area contributed by atoms with Crippen molar-refractivity contribution in [2.45, 2.75) is 61.6 Å². The van der Waals surface area contributed by atoms with Crippen LogP contribution in [0.15, 0.2) is 77.7 Å². The molecule has 2 aliphatic heterocycles. The van der Waals surface area contributed by atoms with Crippen molar-refractivity contribution in [1.82, 2.24) is 14.9 Å². The summed E-state index contributed by atoms with van der Waals surface area (Å²) in [7, 11) is -4.41. The first-order valence-electron chi connectivity index (χ1n) is 14.1. The lowest BCUT2D eigenvalue weighted by atomic mass is 9.97. The molecule has 2 N–H and O–H groups in total. The quantitative estimate of drug-likeness (QED) is 0.301. The molecule has 3 aromatic carbocycles. The van der Waals surface area contributed by atoms with Gasteiger partial charge in [0.2, 0.25) is 15.9 Å². The second-order valence-corrected chi connectivity index (χ2v) is 12.6. The maximum Gasteiger partial charge on any atom is 0.416 e. The molecule has 0 aliphatic carbocycles. The van der Waals surface area contributed by atoms with Crippen molar-refractivity contribution in [3.8, 4) is 5.75 Å². The van der Waals surface area contributed by atoms with E-state index in [1.165, 1.54) is 0 Å². The summed E-state index contributed by atoms with van der Waals surface area (Å²) >= 11 is 0. The average Bonchev–Trinajstić information content (AvgIpc) is 2.98. The Hall–Kier alpha value is -3.48. The van der Waals surface area contributed by atoms with E-state index in [2.05, 4.69) is 14.9 Å². The molecule has 3 aromatic rings. The average molecular weight is 620 g/mol. The van der Waals surface area contributed by atoms with Crippen LogP contribution in [0.1, 0.15) is 60.0 Å². The molecule has 2 atom stereocenters. The monoisotopic (exact) mass is 619 g/mol. The van der Waals surface area contributed by atoms with Gasteiger partial charge < -0.3 is 10.1 Å². The minimum Gasteiger partial charge on any atom is -0.493 e. The van der Waals surface area contributed by atoms with Crippen LogP contribution in [0.5, 0.6) is 5.75 Å². The number of hydrogen-bond acceptors (Lipinski definition) is 5. The van der Waals surface area contributed by atoms with Crippen LogP contribution in [0.2, 0.25) is 0 Å². The third kappa shape index (κ3) is 7.92. The highest BCUT2D eigenvalue weighted by atomic mass is 32.2. The van der Waals surface area contributed by atoms with Gasteiger partial charge in [0.1, 0.15) is 11.9 Å². The molecular formula is C31H33F4N3O4S. The van der Waals surface area contributed by atoms with E-state index < -0.39 is 44.8 Å². The molecule has 43 heavy (non-hydrogen) atoms. The Morgan fingerprint density at radius 2 is 1.72 bits per heavy atom. The number of amides is 1. The number of benzene rings is 3. The number of sulfonamides is 1. The van der Waals surface area contributed by atoms with E-state index in [1.54, 1.807) is 30.3 Å². The number of carbonyl (C=O) groups is 1. The first-order chi connectivity index (χ1) is 20.5. The molecule has 0 saturated carbocycles. The zero-order valence-corrected chi connectivity index (χ0v) is 24.1. The van der Waals surface area contributed by atoms with Crippen LogP contribution in [-0.2, 0) is 27.5 Å². The largest absolute Gasteiger partial charge is 0.493 e. The number of likely N-dealkylation sites (tertiary alicyclic amines) is 1. The fraction of sp³-hybridized carbons (Fsp3) is 0.387. The number of carbonyl (C=O) groups excluding carboxylic acids is 1. The number of ether oxygens (including phenoxy) is 1. The third-order valence-electron chi connectivity index (χ3n) is 7.74. The van der Waals surface area contributed by atoms with E-state index in [9.17, 15) is 30.8 Å². The van der Waals surface area contributed by atoms with E-state index in [4.69, 9.17) is 4.74 Å². The molecule has 0 bridgehead atoms. The van der Waals surface area contributed by atoms with Crippen LogP contribution in [0.3, 0.4) is 0 Å². The molecule has 0 spiro atoms. The van der Waals surface area contributed by atoms with Gasteiger partial charge in [0.25, 0.3) is 0 Å². The van der Waals surface area contributed by atoms with Gasteiger partial charge in [-0.3, -0.25) is 9.69 Å². The molecular weight excluding hydrogens is 586 g/mol. The summed E-state index contributed by atoms with van der Waals surface area (Å²) in [5, 5.41) is 2.98. The van der Waals surface area contributed by atoms with Gasteiger partial charge in [0.05, 0.1) is 29.1 Å². The lowest BCUT2D eigenvalue weighted by molar-refractivity contribution is -0.137. The van der Waals surface area contributed by atoms with E-state index in [-0.39, 0.29) is 12.5 Å². The summed E-state index contributed by atoms with van der Waals surface area (Å²) in [5.74, 6) is 0.218. The number of nitrogens with one attached hydrogen (secondary N) is 2. The molecule has 0 unspecified atom stereocenters. The van der Waals surface area contributed by atoms with Crippen molar-refractivity contribution in [3.05, 3.63) is 95.1 Å². The van der Waals surface area contributed by atoms with Gasteiger partial charge in [-0.2, -0.15) is 13.2 Å². The van der Waals surface area contributed by atoms with Crippen molar-refractivity contribution in [2.75, 3.05) is 19.7 Å². The molecule has 5 rings (SSSR count). The first-order valence-corrected chi connectivity index (χ1v) is 15.6. The fourth-order valence-electron chi connectivity index (χ4n) is 5.45. The number of hydrogen-bond donors (Lipinski definition) is 2. The predicted octanol–water partition coefficient (Wildman–Crippen LogP) is 5.69. The lowest BCUT2D eigenvalue weighted by Gasteiger charge is -2.30. The molecule has 7 nitrogen and oxygen atoms in total. The van der Waals surface area contributed by atoms with Crippen LogP contribution in [0.4, 0.5) is 17.6 Å². The summed E-state index contributed by atoms with van der Waals surface area (Å²) in [6, 6.07) is 16.3. The van der Waals surface area contributed by atoms with Gasteiger partial charge in [-0.1, -0.05) is 48.5 Å². The Labute approximate surface area is 248 Å². The minimum atomic E-state index is -4.71. The SMILES string of the molecule is O=C(C[C@@H](NS(=O)(=O)c1cccc(C(F)(F)F)c1)c1ccccc1)N[C@@H]1CCOc2cc(CN3CCC(F)CC3)ccc21. The van der Waals surface area contributed by atoms with Crippen molar-refractivity contribution in [1.29, 1.82) is 0 Å². The van der Waals surface area contributed by atoms with Crippen LogP contribution in [0, 0.1) is 0 Å². The molecule has 2 heterocycles. The molecule has 1 amide bonds. The Bertz CT molecular complexity index is 1530. The van der Waals surface area contributed by atoms with Gasteiger partial charge in [-0.25, -0.2) is 17.5 Å². The Kier molecular flexibility index (Phi) is 9.38. The van der Waals surface area contributed by atoms with E-state index in [1.807, 2.05) is 18.2 Å². The van der Waals surface area contributed by atoms with Crippen molar-refractivity contribution in [3.63, 3.8) is 0 Å². The van der Waals surface area contributed by atoms with Crippen molar-refractivity contribution < 1.29 is 35.5 Å². The highest BCUT2D eigenvalue weighted by Gasteiger charge is 2.33. The Morgan fingerprint density at radius 1 is 0.977 bits per heavy atom. The molecule has 0 radical (unpaired) electrons. The normalized spacial score (nSPS) is 18.8. The van der Waals surface area contributed by atoms with Crippen LogP contribution >= 0.6 is 0 Å². The van der Waals surface area contributed by atoms with Gasteiger partial charge in [-0.15, -0.1) is 0 Å². The summed E-state index contributed by atoms with van der Waals surface area (Å²) < 4.78 is 87.9. The number of fused-ring (bicyclic) bond motifs is 1. The molecule has 230 valence electrons. The Morgan fingerprint density at radius 3 is 2.44 bits per heavy atom. The van der Waals surface area contributed by atoms with Gasteiger partial charge in [0.15, 0.2) is 0 Å². The second kappa shape index (κ2) is 13.0. The van der Waals surface area contributed by atoms with E-state index >= 15 is 0 Å². The lowest BCUT2D eigenvalue weighted by Crippen LogP contribution is -2.37. The van der Waals surface area contributed by atoms with Crippen LogP contribution in [0.25, 0.3) is 0 Å². The minimum absolute atomic E-state index is 0.280. The number of nitrogens with zero attached hydrogens (tertiary/aromatic N) is 1. The highest BCUT2D eigenvalue weighted by molar-refractivity contribution is 7.89. The standard InChI is InChI=1S/C31H33F4N3O4S/c32-24-11-14-38(15-12-24)20-21-9-10-26-27(13-16-42-29(26)17-21)36-30(39)19-28(22-5-2-1-3-6-22)37-43(40,41)25-8-4-7-23(18-25)31(33,34)35/h1-10,17-18,24,27-28,37H,11-16,19-20H2,(H,36,39)/t27-,28-/m1/s1. The predicted molar refractivity (Wildman–Crippen MR) is 152 cm³/mol. The van der Waals surface area contributed by atoms with Crippen molar-refractivity contribution in [2.24, 2.45) is 0 Å². The number of rotatable bonds is 9. The fourth-order valence-corrected chi connectivity index (χ4v) is 6.72. The topological polar surface area (TPSA) is 87.7 Å². The van der Waals surface area contributed by atoms with Gasteiger partial charge in [0, 0.05) is 38.0 Å². The molecule has 12 heteroatoms. The third-order valence-corrected chi connectivity index (χ3v) is 9.21. The highest BCUT2D eigenvalue weighted by Crippen LogP contribution is 2.34. The molecule has 2 aliphatic rings. The Balaban J connectivity index is 1.29. The van der Waals surface area contributed by atoms with Crippen LogP contribution in [-0.4, -0.2) is 45.1 Å². The van der Waals surface area contributed by atoms with Crippen LogP contribution < -0.4 is 14.8 Å². The summed E-state index contributed by atoms with van der Waals surface area (Å²) in [6.07, 6.45) is -4.18. The molecule has 1 fully saturated rings. The molecule has 0 aromatic heterocycles.